The first kappa shape index (κ1) is 17.4. The van der Waals surface area contributed by atoms with Crippen molar-refractivity contribution in [2.45, 2.75) is 12.0 Å². The zero-order chi connectivity index (χ0) is 19.5. The summed E-state index contributed by atoms with van der Waals surface area (Å²) in [6, 6.07) is 15.8. The number of aliphatic hydroxyl groups is 2. The third-order valence-corrected chi connectivity index (χ3v) is 6.50. The number of amides is 1. The number of nitrogens with zero attached hydrogens (tertiary/aromatic N) is 1. The van der Waals surface area contributed by atoms with E-state index in [0.717, 1.165) is 5.56 Å². The molecule has 3 aromatic rings. The van der Waals surface area contributed by atoms with Crippen LogP contribution in [-0.4, -0.2) is 51.8 Å². The Morgan fingerprint density at radius 2 is 2.00 bits per heavy atom. The van der Waals surface area contributed by atoms with Crippen molar-refractivity contribution in [1.29, 1.82) is 0 Å². The molecule has 3 N–H and O–H groups in total. The van der Waals surface area contributed by atoms with Gasteiger partial charge in [0.1, 0.15) is 11.5 Å². The highest BCUT2D eigenvalue weighted by Crippen LogP contribution is 2.68. The summed E-state index contributed by atoms with van der Waals surface area (Å²) < 4.78 is 13.4. The summed E-state index contributed by atoms with van der Waals surface area (Å²) in [5.74, 6) is -0.610. The van der Waals surface area contributed by atoms with Gasteiger partial charge in [-0.2, -0.15) is 0 Å². The number of benzene rings is 2. The molecule has 0 radical (unpaired) electrons. The van der Waals surface area contributed by atoms with Gasteiger partial charge < -0.3 is 20.1 Å². The number of rotatable bonds is 3. The highest BCUT2D eigenvalue weighted by molar-refractivity contribution is 5.98. The number of aromatic nitrogens is 1. The van der Waals surface area contributed by atoms with Crippen LogP contribution < -0.4 is 0 Å². The van der Waals surface area contributed by atoms with Gasteiger partial charge in [0.15, 0.2) is 0 Å². The molecule has 0 unspecified atom stereocenters. The minimum absolute atomic E-state index is 0.0235. The third kappa shape index (κ3) is 2.41. The van der Waals surface area contributed by atoms with Gasteiger partial charge in [-0.15, -0.1) is 0 Å². The lowest BCUT2D eigenvalue weighted by Gasteiger charge is -2.16. The maximum atomic E-state index is 13.4. The molecule has 1 aromatic heterocycles. The predicted octanol–water partition coefficient (Wildman–Crippen LogP) is 2.52. The number of fused-ring (bicyclic) bond motifs is 1. The van der Waals surface area contributed by atoms with Crippen molar-refractivity contribution in [3.63, 3.8) is 0 Å². The smallest absolute Gasteiger partial charge is 0.270 e. The molecule has 1 aliphatic heterocycles. The number of hydrogen-bond acceptors (Lipinski definition) is 3. The Morgan fingerprint density at radius 1 is 1.21 bits per heavy atom. The number of nitrogens with one attached hydrogen (secondary N) is 1. The molecule has 5 nitrogen and oxygen atoms in total. The fraction of sp³-hybridized carbons (Fsp3) is 0.318. The van der Waals surface area contributed by atoms with Gasteiger partial charge in [0.2, 0.25) is 0 Å². The summed E-state index contributed by atoms with van der Waals surface area (Å²) in [6.07, 6.45) is -0.694. The Labute approximate surface area is 161 Å². The van der Waals surface area contributed by atoms with Crippen LogP contribution in [0.3, 0.4) is 0 Å². The van der Waals surface area contributed by atoms with E-state index >= 15 is 0 Å². The number of carbonyl (C=O) groups excluding carboxylic acids is 1. The van der Waals surface area contributed by atoms with Crippen LogP contribution in [0.5, 0.6) is 0 Å². The Bertz CT molecular complexity index is 1050. The van der Waals surface area contributed by atoms with Crippen molar-refractivity contribution in [1.82, 2.24) is 9.88 Å². The number of carbonyl (C=O) groups is 1. The second-order valence-electron chi connectivity index (χ2n) is 7.91. The van der Waals surface area contributed by atoms with Gasteiger partial charge in [-0.3, -0.25) is 4.79 Å². The molecular formula is C22H21FN2O3. The number of aromatic amines is 1. The van der Waals surface area contributed by atoms with E-state index in [1.54, 1.807) is 17.0 Å². The number of β-amino-alcohol motifs (C(OH)–C–C–N with tert-alkyl or cyclic N) is 1. The van der Waals surface area contributed by atoms with Crippen LogP contribution in [0.1, 0.15) is 22.0 Å². The van der Waals surface area contributed by atoms with E-state index in [0.29, 0.717) is 23.1 Å². The van der Waals surface area contributed by atoms with Crippen molar-refractivity contribution >= 4 is 16.8 Å². The van der Waals surface area contributed by atoms with E-state index in [4.69, 9.17) is 0 Å². The highest BCUT2D eigenvalue weighted by Gasteiger charge is 2.71. The number of likely N-dealkylation sites (tertiary alicyclic amines) is 1. The topological polar surface area (TPSA) is 76.6 Å². The summed E-state index contributed by atoms with van der Waals surface area (Å²) in [6.45, 7) is 0.591. The Balaban J connectivity index is 1.43. The van der Waals surface area contributed by atoms with Gasteiger partial charge in [-0.25, -0.2) is 4.39 Å². The molecule has 5 rings (SSSR count). The molecule has 1 spiro atoms. The van der Waals surface area contributed by atoms with Crippen molar-refractivity contribution in [3.8, 4) is 0 Å². The maximum Gasteiger partial charge on any atom is 0.270 e. The second-order valence-corrected chi connectivity index (χ2v) is 7.91. The number of hydrogen-bond donors (Lipinski definition) is 3. The van der Waals surface area contributed by atoms with Crippen molar-refractivity contribution in [2.24, 2.45) is 11.3 Å². The van der Waals surface area contributed by atoms with E-state index < -0.39 is 11.5 Å². The van der Waals surface area contributed by atoms with Crippen molar-refractivity contribution in [2.75, 3.05) is 19.7 Å². The van der Waals surface area contributed by atoms with Crippen LogP contribution in [0, 0.1) is 17.2 Å². The molecule has 2 aliphatic rings. The fourth-order valence-corrected chi connectivity index (χ4v) is 5.11. The molecule has 1 amide bonds. The standard InChI is InChI=1S/C22H21FN2O3/c23-15-6-7-17-14(8-15)9-18(24-17)21(28)25-10-19(27)22(12-25)16(11-26)20(22)13-4-2-1-3-5-13/h1-9,16,19-20,24,26-27H,10-12H2/t16-,19-,20-,22-/m1/s1. The average Bonchev–Trinajstić information content (AvgIpc) is 2.96. The van der Waals surface area contributed by atoms with E-state index in [2.05, 4.69) is 4.98 Å². The number of halogens is 1. The Hall–Kier alpha value is -2.70. The fourth-order valence-electron chi connectivity index (χ4n) is 5.11. The molecule has 0 bridgehead atoms. The van der Waals surface area contributed by atoms with Crippen molar-refractivity contribution < 1.29 is 19.4 Å². The Kier molecular flexibility index (Phi) is 3.82. The lowest BCUT2D eigenvalue weighted by molar-refractivity contribution is 0.0759. The van der Waals surface area contributed by atoms with Gasteiger partial charge in [0, 0.05) is 36.0 Å². The van der Waals surface area contributed by atoms with Crippen LogP contribution >= 0.6 is 0 Å². The van der Waals surface area contributed by atoms with Gasteiger partial charge >= 0.3 is 0 Å². The summed E-state index contributed by atoms with van der Waals surface area (Å²) in [5.41, 5.74) is 1.64. The van der Waals surface area contributed by atoms with E-state index in [-0.39, 0.29) is 36.7 Å². The van der Waals surface area contributed by atoms with Gasteiger partial charge in [0.25, 0.3) is 5.91 Å². The van der Waals surface area contributed by atoms with Crippen LogP contribution in [0.15, 0.2) is 54.6 Å². The molecule has 28 heavy (non-hydrogen) atoms. The SMILES string of the molecule is O=C(c1cc2cc(F)ccc2[nH]1)N1C[C@@H](O)[C@@]2(C1)[C@H](CO)[C@H]2c1ccccc1. The minimum Gasteiger partial charge on any atom is -0.396 e. The molecule has 4 atom stereocenters. The van der Waals surface area contributed by atoms with Crippen LogP contribution in [0.4, 0.5) is 4.39 Å². The first-order valence-electron chi connectivity index (χ1n) is 9.46. The van der Waals surface area contributed by atoms with Gasteiger partial charge in [-0.05, 0) is 41.7 Å². The number of H-pyrrole nitrogens is 1. The summed E-state index contributed by atoms with van der Waals surface area (Å²) >= 11 is 0. The first-order chi connectivity index (χ1) is 13.5. The summed E-state index contributed by atoms with van der Waals surface area (Å²) in [4.78, 5) is 17.7. The lowest BCUT2D eigenvalue weighted by Crippen LogP contribution is -2.30. The van der Waals surface area contributed by atoms with Crippen LogP contribution in [-0.2, 0) is 0 Å². The van der Waals surface area contributed by atoms with Crippen LogP contribution in [0.2, 0.25) is 0 Å². The molecular weight excluding hydrogens is 359 g/mol. The molecule has 1 aliphatic carbocycles. The van der Waals surface area contributed by atoms with Gasteiger partial charge in [0.05, 0.1) is 6.10 Å². The first-order valence-corrected chi connectivity index (χ1v) is 9.46. The molecule has 1 saturated heterocycles. The third-order valence-electron chi connectivity index (χ3n) is 6.50. The maximum absolute atomic E-state index is 13.4. The normalized spacial score (nSPS) is 29.0. The van der Waals surface area contributed by atoms with Crippen LogP contribution in [0.25, 0.3) is 10.9 Å². The predicted molar refractivity (Wildman–Crippen MR) is 102 cm³/mol. The zero-order valence-corrected chi connectivity index (χ0v) is 15.2. The quantitative estimate of drug-likeness (QED) is 0.654. The monoisotopic (exact) mass is 380 g/mol. The lowest BCUT2D eigenvalue weighted by atomic mass is 9.95. The van der Waals surface area contributed by atoms with E-state index in [1.807, 2.05) is 30.3 Å². The van der Waals surface area contributed by atoms with Gasteiger partial charge in [-0.1, -0.05) is 30.3 Å². The Morgan fingerprint density at radius 3 is 2.75 bits per heavy atom. The van der Waals surface area contributed by atoms with Crippen molar-refractivity contribution in [3.05, 3.63) is 71.7 Å². The molecule has 2 heterocycles. The molecule has 2 aromatic carbocycles. The largest absolute Gasteiger partial charge is 0.396 e. The second kappa shape index (κ2) is 6.15. The molecule has 6 heteroatoms. The summed E-state index contributed by atoms with van der Waals surface area (Å²) in [7, 11) is 0. The molecule has 2 fully saturated rings. The van der Waals surface area contributed by atoms with E-state index in [1.165, 1.54) is 12.1 Å². The summed E-state index contributed by atoms with van der Waals surface area (Å²) in [5, 5.41) is 21.4. The average molecular weight is 380 g/mol. The molecule has 1 saturated carbocycles. The minimum atomic E-state index is -0.694. The zero-order valence-electron chi connectivity index (χ0n) is 15.2. The molecule has 144 valence electrons. The number of aliphatic hydroxyl groups excluding tert-OH is 2. The van der Waals surface area contributed by atoms with E-state index in [9.17, 15) is 19.4 Å². The highest BCUT2D eigenvalue weighted by atomic mass is 19.1.